The number of aryl methyl sites for hydroxylation is 1. The van der Waals surface area contributed by atoms with Crippen LogP contribution in [-0.2, 0) is 6.61 Å². The number of nitrogens with zero attached hydrogens (tertiary/aromatic N) is 1. The molecule has 1 N–H and O–H groups in total. The number of carboxylic acids is 1. The minimum Gasteiger partial charge on any atom is -0.490 e. The van der Waals surface area contributed by atoms with Gasteiger partial charge in [-0.3, -0.25) is 0 Å². The molecule has 0 unspecified atom stereocenters. The van der Waals surface area contributed by atoms with Crippen LogP contribution in [0.5, 0.6) is 11.5 Å². The van der Waals surface area contributed by atoms with Crippen molar-refractivity contribution in [2.45, 2.75) is 20.5 Å². The van der Waals surface area contributed by atoms with Crippen LogP contribution in [0, 0.1) is 6.92 Å². The maximum absolute atomic E-state index is 11.1. The summed E-state index contributed by atoms with van der Waals surface area (Å²) in [7, 11) is 0. The molecule has 0 saturated carbocycles. The van der Waals surface area contributed by atoms with Gasteiger partial charge in [0.05, 0.1) is 26.5 Å². The van der Waals surface area contributed by atoms with Crippen LogP contribution in [0.3, 0.4) is 0 Å². The largest absolute Gasteiger partial charge is 0.490 e. The molecule has 0 fully saturated rings. The van der Waals surface area contributed by atoms with Crippen molar-refractivity contribution in [1.29, 1.82) is 0 Å². The van der Waals surface area contributed by atoms with Gasteiger partial charge in [0.15, 0.2) is 11.5 Å². The molecule has 0 radical (unpaired) electrons. The highest BCUT2D eigenvalue weighted by Crippen LogP contribution is 2.37. The first-order valence-corrected chi connectivity index (χ1v) is 7.86. The van der Waals surface area contributed by atoms with E-state index >= 15 is 0 Å². The fraction of sp³-hybridized carbons (Fsp3) is 0.286. The monoisotopic (exact) mass is 371 g/mol. The Hall–Kier alpha value is -1.60. The minimum absolute atomic E-state index is 0.145. The highest BCUT2D eigenvalue weighted by Gasteiger charge is 2.16. The molecule has 2 rings (SSSR count). The van der Waals surface area contributed by atoms with Crippen LogP contribution >= 0.6 is 27.3 Å². The van der Waals surface area contributed by atoms with E-state index in [1.54, 1.807) is 17.5 Å². The highest BCUT2D eigenvalue weighted by molar-refractivity contribution is 9.10. The predicted octanol–water partition coefficient (Wildman–Crippen LogP) is 3.89. The fourth-order valence-electron chi connectivity index (χ4n) is 1.71. The third-order valence-corrected chi connectivity index (χ3v) is 4.06. The quantitative estimate of drug-likeness (QED) is 0.833. The third-order valence-electron chi connectivity index (χ3n) is 2.58. The average molecular weight is 372 g/mol. The number of hydrogen-bond acceptors (Lipinski definition) is 5. The minimum atomic E-state index is -1.01. The van der Waals surface area contributed by atoms with Crippen LogP contribution in [-0.4, -0.2) is 22.7 Å². The molecule has 1 aromatic carbocycles. The summed E-state index contributed by atoms with van der Waals surface area (Å²) in [6, 6.07) is 2.96. The van der Waals surface area contributed by atoms with Crippen molar-refractivity contribution < 1.29 is 19.4 Å². The Bertz CT molecular complexity index is 656. The maximum atomic E-state index is 11.1. The summed E-state index contributed by atoms with van der Waals surface area (Å²) < 4.78 is 11.8. The molecule has 0 spiro atoms. The number of ether oxygens (including phenoxy) is 2. The Kier molecular flexibility index (Phi) is 5.19. The number of benzene rings is 1. The van der Waals surface area contributed by atoms with Gasteiger partial charge in [0.1, 0.15) is 6.61 Å². The summed E-state index contributed by atoms with van der Waals surface area (Å²) in [6.07, 6.45) is 1.76. The first-order valence-electron chi connectivity index (χ1n) is 6.25. The molecule has 0 atom stereocenters. The maximum Gasteiger partial charge on any atom is 0.335 e. The van der Waals surface area contributed by atoms with E-state index in [4.69, 9.17) is 14.6 Å². The molecule has 21 heavy (non-hydrogen) atoms. The number of carboxylic acid groups (broad SMARTS) is 1. The summed E-state index contributed by atoms with van der Waals surface area (Å²) >= 11 is 4.89. The Morgan fingerprint density at radius 2 is 2.19 bits per heavy atom. The van der Waals surface area contributed by atoms with Crippen LogP contribution < -0.4 is 9.47 Å². The summed E-state index contributed by atoms with van der Waals surface area (Å²) in [4.78, 5) is 16.2. The molecular formula is C14H14BrNO4S. The molecular weight excluding hydrogens is 358 g/mol. The van der Waals surface area contributed by atoms with Crippen molar-refractivity contribution >= 4 is 33.2 Å². The number of carbonyl (C=O) groups is 1. The van der Waals surface area contributed by atoms with E-state index in [0.717, 1.165) is 9.88 Å². The molecule has 0 aliphatic heterocycles. The fourth-order valence-corrected chi connectivity index (χ4v) is 2.97. The lowest BCUT2D eigenvalue weighted by atomic mass is 10.2. The van der Waals surface area contributed by atoms with E-state index in [1.807, 2.05) is 13.8 Å². The van der Waals surface area contributed by atoms with Crippen molar-refractivity contribution in [3.63, 3.8) is 0 Å². The van der Waals surface area contributed by atoms with Crippen LogP contribution in [0.2, 0.25) is 0 Å². The van der Waals surface area contributed by atoms with Gasteiger partial charge < -0.3 is 14.6 Å². The third kappa shape index (κ3) is 3.95. The van der Waals surface area contributed by atoms with Crippen LogP contribution in [0.4, 0.5) is 0 Å². The van der Waals surface area contributed by atoms with Gasteiger partial charge in [-0.2, -0.15) is 0 Å². The second-order valence-corrected chi connectivity index (χ2v) is 6.33. The zero-order chi connectivity index (χ0) is 15.4. The molecule has 1 aromatic heterocycles. The number of aromatic nitrogens is 1. The van der Waals surface area contributed by atoms with Gasteiger partial charge in [-0.1, -0.05) is 0 Å². The topological polar surface area (TPSA) is 68.7 Å². The number of aromatic carboxylic acids is 1. The van der Waals surface area contributed by atoms with Gasteiger partial charge in [-0.25, -0.2) is 9.78 Å². The molecule has 7 heteroatoms. The Morgan fingerprint density at radius 1 is 1.43 bits per heavy atom. The van der Waals surface area contributed by atoms with Crippen molar-refractivity contribution in [2.24, 2.45) is 0 Å². The number of thiazole rings is 1. The Labute approximate surface area is 134 Å². The second kappa shape index (κ2) is 6.91. The molecule has 0 aliphatic rings. The standard InChI is InChI=1S/C14H14BrNO4S/c1-3-19-12-5-9(14(17)18)4-11(15)13(12)20-7-10-6-16-8(2)21-10/h4-6H,3,7H2,1-2H3,(H,17,18). The van der Waals surface area contributed by atoms with Gasteiger partial charge in [-0.15, -0.1) is 11.3 Å². The van der Waals surface area contributed by atoms with E-state index in [2.05, 4.69) is 20.9 Å². The molecule has 0 aliphatic carbocycles. The lowest BCUT2D eigenvalue weighted by Gasteiger charge is -2.14. The van der Waals surface area contributed by atoms with Gasteiger partial charge >= 0.3 is 5.97 Å². The molecule has 5 nitrogen and oxygen atoms in total. The Morgan fingerprint density at radius 3 is 2.76 bits per heavy atom. The SMILES string of the molecule is CCOc1cc(C(=O)O)cc(Br)c1OCc1cnc(C)s1. The van der Waals surface area contributed by atoms with Crippen molar-refractivity contribution in [2.75, 3.05) is 6.61 Å². The summed E-state index contributed by atoms with van der Waals surface area (Å²) in [5.74, 6) is -0.111. The second-order valence-electron chi connectivity index (χ2n) is 4.16. The van der Waals surface area contributed by atoms with E-state index in [-0.39, 0.29) is 5.56 Å². The van der Waals surface area contributed by atoms with E-state index in [9.17, 15) is 4.79 Å². The highest BCUT2D eigenvalue weighted by atomic mass is 79.9. The van der Waals surface area contributed by atoms with Crippen LogP contribution in [0.1, 0.15) is 27.2 Å². The molecule has 0 bridgehead atoms. The van der Waals surface area contributed by atoms with Gasteiger partial charge in [0.25, 0.3) is 0 Å². The Balaban J connectivity index is 2.26. The van der Waals surface area contributed by atoms with Crippen molar-refractivity contribution in [3.05, 3.63) is 38.3 Å². The van der Waals surface area contributed by atoms with Crippen molar-refractivity contribution in [1.82, 2.24) is 4.98 Å². The van der Waals surface area contributed by atoms with Gasteiger partial charge in [0, 0.05) is 6.20 Å². The van der Waals surface area contributed by atoms with Crippen LogP contribution in [0.15, 0.2) is 22.8 Å². The van der Waals surface area contributed by atoms with E-state index in [1.165, 1.54) is 12.1 Å². The molecule has 2 aromatic rings. The van der Waals surface area contributed by atoms with Gasteiger partial charge in [0.2, 0.25) is 0 Å². The molecule has 112 valence electrons. The summed E-state index contributed by atoms with van der Waals surface area (Å²) in [5, 5.41) is 10.1. The van der Waals surface area contributed by atoms with Crippen LogP contribution in [0.25, 0.3) is 0 Å². The number of hydrogen-bond donors (Lipinski definition) is 1. The van der Waals surface area contributed by atoms with E-state index in [0.29, 0.717) is 29.2 Å². The first kappa shape index (κ1) is 15.8. The smallest absolute Gasteiger partial charge is 0.335 e. The van der Waals surface area contributed by atoms with Crippen molar-refractivity contribution in [3.8, 4) is 11.5 Å². The molecule has 0 saturated heterocycles. The number of halogens is 1. The lowest BCUT2D eigenvalue weighted by molar-refractivity contribution is 0.0696. The normalized spacial score (nSPS) is 10.4. The first-order chi connectivity index (χ1) is 10.0. The zero-order valence-electron chi connectivity index (χ0n) is 11.6. The average Bonchev–Trinajstić information content (AvgIpc) is 2.83. The summed E-state index contributed by atoms with van der Waals surface area (Å²) in [5.41, 5.74) is 0.145. The number of rotatable bonds is 6. The zero-order valence-corrected chi connectivity index (χ0v) is 14.0. The lowest BCUT2D eigenvalue weighted by Crippen LogP contribution is -2.03. The molecule has 1 heterocycles. The predicted molar refractivity (Wildman–Crippen MR) is 83.5 cm³/mol. The van der Waals surface area contributed by atoms with E-state index < -0.39 is 5.97 Å². The van der Waals surface area contributed by atoms with Gasteiger partial charge in [-0.05, 0) is 41.9 Å². The summed E-state index contributed by atoms with van der Waals surface area (Å²) in [6.45, 7) is 4.54. The molecule has 0 amide bonds.